The molecule has 1 aliphatic heterocycles. The van der Waals surface area contributed by atoms with Crippen LogP contribution in [0.5, 0.6) is 0 Å². The smallest absolute Gasteiger partial charge is 0.261 e. The monoisotopic (exact) mass is 463 g/mol. The fourth-order valence-corrected chi connectivity index (χ4v) is 4.10. The Kier molecular flexibility index (Phi) is 8.57. The van der Waals surface area contributed by atoms with Crippen LogP contribution in [0.15, 0.2) is 48.5 Å². The lowest BCUT2D eigenvalue weighted by atomic mass is 10.1. The highest BCUT2D eigenvalue weighted by Gasteiger charge is 2.35. The van der Waals surface area contributed by atoms with Gasteiger partial charge in [-0.25, -0.2) is 0 Å². The Hall–Kier alpha value is -3.48. The predicted octanol–water partition coefficient (Wildman–Crippen LogP) is 3.70. The first kappa shape index (κ1) is 25.1. The van der Waals surface area contributed by atoms with Gasteiger partial charge in [-0.15, -0.1) is 0 Å². The normalized spacial score (nSPS) is 13.6. The molecule has 0 aliphatic carbocycles. The molecule has 1 aliphatic rings. The van der Waals surface area contributed by atoms with Gasteiger partial charge in [-0.1, -0.05) is 55.3 Å². The van der Waals surface area contributed by atoms with Gasteiger partial charge < -0.3 is 10.2 Å². The van der Waals surface area contributed by atoms with Crippen molar-refractivity contribution < 1.29 is 19.2 Å². The van der Waals surface area contributed by atoms with E-state index in [4.69, 9.17) is 0 Å². The number of hydrogen-bond acceptors (Lipinski definition) is 4. The van der Waals surface area contributed by atoms with E-state index in [9.17, 15) is 19.2 Å². The molecule has 4 amide bonds. The molecule has 1 heterocycles. The van der Waals surface area contributed by atoms with Gasteiger partial charge in [0.1, 0.15) is 6.04 Å². The molecule has 34 heavy (non-hydrogen) atoms. The second kappa shape index (κ2) is 11.6. The van der Waals surface area contributed by atoms with Gasteiger partial charge in [0.05, 0.1) is 11.1 Å². The van der Waals surface area contributed by atoms with E-state index < -0.39 is 6.04 Å². The topological polar surface area (TPSA) is 86.8 Å². The zero-order valence-electron chi connectivity index (χ0n) is 20.2. The standard InChI is InChI=1S/C27H33N3O4/c1-4-5-15-28-25(32)20(3)30(18-21-11-8-10-19(2)17-21)24(31)14-9-16-29-26(33)22-12-6-7-13-23(22)27(29)34/h6-8,10-13,17,20H,4-5,9,14-16,18H2,1-3H3,(H,28,32)/t20-/m0/s1. The maximum atomic E-state index is 13.2. The van der Waals surface area contributed by atoms with Crippen molar-refractivity contribution in [3.05, 3.63) is 70.8 Å². The molecular formula is C27H33N3O4. The van der Waals surface area contributed by atoms with E-state index in [1.54, 1.807) is 36.1 Å². The fourth-order valence-electron chi connectivity index (χ4n) is 4.10. The summed E-state index contributed by atoms with van der Waals surface area (Å²) in [5, 5.41) is 2.91. The molecule has 0 unspecified atom stereocenters. The third-order valence-corrected chi connectivity index (χ3v) is 6.08. The largest absolute Gasteiger partial charge is 0.354 e. The first-order chi connectivity index (χ1) is 16.3. The van der Waals surface area contributed by atoms with Crippen LogP contribution in [0.3, 0.4) is 0 Å². The van der Waals surface area contributed by atoms with Gasteiger partial charge in [0.15, 0.2) is 0 Å². The average Bonchev–Trinajstić information content (AvgIpc) is 3.07. The van der Waals surface area contributed by atoms with Gasteiger partial charge in [-0.3, -0.25) is 24.1 Å². The number of aryl methyl sites for hydroxylation is 1. The Morgan fingerprint density at radius 2 is 1.68 bits per heavy atom. The Labute approximate surface area is 201 Å². The quantitative estimate of drug-likeness (QED) is 0.407. The van der Waals surface area contributed by atoms with Gasteiger partial charge >= 0.3 is 0 Å². The molecule has 1 N–H and O–H groups in total. The molecular weight excluding hydrogens is 430 g/mol. The number of fused-ring (bicyclic) bond motifs is 1. The number of unbranched alkanes of at least 4 members (excludes halogenated alkanes) is 1. The van der Waals surface area contributed by atoms with Gasteiger partial charge in [0, 0.05) is 26.1 Å². The van der Waals surface area contributed by atoms with Gasteiger partial charge in [0.2, 0.25) is 11.8 Å². The summed E-state index contributed by atoms with van der Waals surface area (Å²) in [7, 11) is 0. The van der Waals surface area contributed by atoms with Crippen molar-refractivity contribution in [1.29, 1.82) is 0 Å². The number of rotatable bonds is 11. The molecule has 1 atom stereocenters. The highest BCUT2D eigenvalue weighted by atomic mass is 16.2. The van der Waals surface area contributed by atoms with Crippen molar-refractivity contribution in [2.24, 2.45) is 0 Å². The number of imide groups is 1. The van der Waals surface area contributed by atoms with E-state index >= 15 is 0 Å². The van der Waals surface area contributed by atoms with Crippen molar-refractivity contribution in [2.75, 3.05) is 13.1 Å². The summed E-state index contributed by atoms with van der Waals surface area (Å²) in [4.78, 5) is 53.9. The lowest BCUT2D eigenvalue weighted by Gasteiger charge is -2.29. The minimum atomic E-state index is -0.635. The van der Waals surface area contributed by atoms with Crippen molar-refractivity contribution >= 4 is 23.6 Å². The summed E-state index contributed by atoms with van der Waals surface area (Å²) in [5.41, 5.74) is 2.83. The highest BCUT2D eigenvalue weighted by Crippen LogP contribution is 2.23. The van der Waals surface area contributed by atoms with Crippen molar-refractivity contribution in [2.45, 2.75) is 59.0 Å². The first-order valence-electron chi connectivity index (χ1n) is 11.9. The summed E-state index contributed by atoms with van der Waals surface area (Å²) in [6, 6.07) is 14.0. The van der Waals surface area contributed by atoms with Crippen LogP contribution in [-0.4, -0.2) is 52.6 Å². The molecule has 0 spiro atoms. The molecule has 7 heteroatoms. The lowest BCUT2D eigenvalue weighted by Crippen LogP contribution is -2.48. The minimum Gasteiger partial charge on any atom is -0.354 e. The van der Waals surface area contributed by atoms with Crippen LogP contribution in [0.2, 0.25) is 0 Å². The van der Waals surface area contributed by atoms with Crippen LogP contribution in [0.25, 0.3) is 0 Å². The van der Waals surface area contributed by atoms with Crippen LogP contribution < -0.4 is 5.32 Å². The summed E-state index contributed by atoms with van der Waals surface area (Å²) in [5.74, 6) is -1.02. The lowest BCUT2D eigenvalue weighted by molar-refractivity contribution is -0.140. The molecule has 2 aromatic carbocycles. The Balaban J connectivity index is 1.65. The molecule has 7 nitrogen and oxygen atoms in total. The van der Waals surface area contributed by atoms with E-state index in [2.05, 4.69) is 12.2 Å². The molecule has 2 aromatic rings. The van der Waals surface area contributed by atoms with Crippen LogP contribution in [0.4, 0.5) is 0 Å². The summed E-state index contributed by atoms with van der Waals surface area (Å²) < 4.78 is 0. The second-order valence-corrected chi connectivity index (χ2v) is 8.74. The van der Waals surface area contributed by atoms with Gasteiger partial charge in [-0.05, 0) is 44.4 Å². The molecule has 0 saturated heterocycles. The van der Waals surface area contributed by atoms with E-state index in [1.807, 2.05) is 31.2 Å². The number of nitrogens with one attached hydrogen (secondary N) is 1. The summed E-state index contributed by atoms with van der Waals surface area (Å²) >= 11 is 0. The number of carbonyl (C=O) groups excluding carboxylic acids is 4. The zero-order valence-corrected chi connectivity index (χ0v) is 20.2. The molecule has 180 valence electrons. The Morgan fingerprint density at radius 1 is 1.00 bits per heavy atom. The van der Waals surface area contributed by atoms with Crippen LogP contribution in [0.1, 0.15) is 71.4 Å². The fraction of sp³-hybridized carbons (Fsp3) is 0.407. The van der Waals surface area contributed by atoms with E-state index in [0.29, 0.717) is 30.6 Å². The van der Waals surface area contributed by atoms with E-state index in [-0.39, 0.29) is 36.6 Å². The highest BCUT2D eigenvalue weighted by molar-refractivity contribution is 6.21. The predicted molar refractivity (Wildman–Crippen MR) is 130 cm³/mol. The molecule has 0 radical (unpaired) electrons. The maximum absolute atomic E-state index is 13.2. The van der Waals surface area contributed by atoms with Crippen LogP contribution in [-0.2, 0) is 16.1 Å². The molecule has 0 saturated carbocycles. The molecule has 0 aromatic heterocycles. The number of carbonyl (C=O) groups is 4. The number of benzene rings is 2. The SMILES string of the molecule is CCCCNC(=O)[C@H](C)N(Cc1cccc(C)c1)C(=O)CCCN1C(=O)c2ccccc2C1=O. The summed E-state index contributed by atoms with van der Waals surface area (Å²) in [6.07, 6.45) is 2.31. The maximum Gasteiger partial charge on any atom is 0.261 e. The van der Waals surface area contributed by atoms with E-state index in [1.165, 1.54) is 4.90 Å². The molecule has 0 bridgehead atoms. The molecule has 3 rings (SSSR count). The van der Waals surface area contributed by atoms with Crippen molar-refractivity contribution in [3.8, 4) is 0 Å². The summed E-state index contributed by atoms with van der Waals surface area (Å²) in [6.45, 7) is 6.82. The number of hydrogen-bond donors (Lipinski definition) is 1. The Morgan fingerprint density at radius 3 is 2.29 bits per heavy atom. The van der Waals surface area contributed by atoms with Gasteiger partial charge in [0.25, 0.3) is 11.8 Å². The first-order valence-corrected chi connectivity index (χ1v) is 11.9. The second-order valence-electron chi connectivity index (χ2n) is 8.74. The number of nitrogens with zero attached hydrogens (tertiary/aromatic N) is 2. The van der Waals surface area contributed by atoms with Crippen LogP contribution in [0, 0.1) is 6.92 Å². The van der Waals surface area contributed by atoms with E-state index in [0.717, 1.165) is 24.0 Å². The third kappa shape index (κ3) is 5.90. The van der Waals surface area contributed by atoms with Crippen molar-refractivity contribution in [3.63, 3.8) is 0 Å². The third-order valence-electron chi connectivity index (χ3n) is 6.08. The Bertz CT molecular complexity index is 1030. The molecule has 0 fully saturated rings. The van der Waals surface area contributed by atoms with Crippen molar-refractivity contribution in [1.82, 2.24) is 15.1 Å². The average molecular weight is 464 g/mol. The number of amides is 4. The van der Waals surface area contributed by atoms with Gasteiger partial charge in [-0.2, -0.15) is 0 Å². The van der Waals surface area contributed by atoms with Crippen LogP contribution >= 0.6 is 0 Å². The minimum absolute atomic E-state index is 0.131. The zero-order chi connectivity index (χ0) is 24.7.